The van der Waals surface area contributed by atoms with E-state index in [1.165, 1.54) is 38.4 Å². The topological polar surface area (TPSA) is 38.7 Å². The van der Waals surface area contributed by atoms with Crippen molar-refractivity contribution in [1.29, 1.82) is 0 Å². The van der Waals surface area contributed by atoms with Gasteiger partial charge in [0.15, 0.2) is 5.82 Å². The van der Waals surface area contributed by atoms with Gasteiger partial charge in [-0.1, -0.05) is 182 Å². The molecule has 0 aliphatic carbocycles. The number of rotatable bonds is 7. The van der Waals surface area contributed by atoms with Gasteiger partial charge in [0.2, 0.25) is 0 Å². The van der Waals surface area contributed by atoms with Gasteiger partial charge in [-0.05, 0) is 74.5 Å². The molecule has 10 aromatic rings. The Morgan fingerprint density at radius 1 is 0.268 bits per heavy atom. The second-order valence-corrected chi connectivity index (χ2v) is 14.0. The van der Waals surface area contributed by atoms with E-state index in [1.54, 1.807) is 0 Å². The highest BCUT2D eigenvalue weighted by Gasteiger charge is 2.15. The molecule has 0 saturated carbocycles. The number of aromatic nitrogens is 3. The van der Waals surface area contributed by atoms with Gasteiger partial charge in [-0.2, -0.15) is 0 Å². The smallest absolute Gasteiger partial charge is 0.160 e. The van der Waals surface area contributed by atoms with Crippen LogP contribution < -0.4 is 0 Å². The van der Waals surface area contributed by atoms with Crippen LogP contribution in [0.4, 0.5) is 0 Å². The SMILES string of the molecule is c1ccc(-c2cc(-c3ccc(-c4cccc(-c5ccc6c(ccc7nc(-c8ccccc8)cc(-c8ccccc8)c76)c5)c4)cc3)nc(-c3ccccc3)n2)cc1. The summed E-state index contributed by atoms with van der Waals surface area (Å²) in [5, 5.41) is 3.55. The van der Waals surface area contributed by atoms with Crippen LogP contribution in [0.15, 0.2) is 212 Å². The lowest BCUT2D eigenvalue weighted by atomic mass is 9.92. The van der Waals surface area contributed by atoms with Crippen LogP contribution >= 0.6 is 0 Å². The number of hydrogen-bond donors (Lipinski definition) is 0. The van der Waals surface area contributed by atoms with Gasteiger partial charge < -0.3 is 0 Å². The molecule has 2 heterocycles. The van der Waals surface area contributed by atoms with Gasteiger partial charge in [-0.25, -0.2) is 15.0 Å². The second-order valence-electron chi connectivity index (χ2n) is 14.0. The average Bonchev–Trinajstić information content (AvgIpc) is 3.29. The fraction of sp³-hybridized carbons (Fsp3) is 0. The molecule has 0 fully saturated rings. The minimum Gasteiger partial charge on any atom is -0.248 e. The first-order valence-electron chi connectivity index (χ1n) is 18.9. The van der Waals surface area contributed by atoms with Gasteiger partial charge in [-0.3, -0.25) is 0 Å². The third kappa shape index (κ3) is 6.42. The minimum absolute atomic E-state index is 0.714. The summed E-state index contributed by atoms with van der Waals surface area (Å²) in [6.45, 7) is 0. The third-order valence-corrected chi connectivity index (χ3v) is 10.5. The number of fused-ring (bicyclic) bond motifs is 3. The van der Waals surface area contributed by atoms with Gasteiger partial charge in [0.25, 0.3) is 0 Å². The van der Waals surface area contributed by atoms with E-state index in [4.69, 9.17) is 15.0 Å². The molecule has 3 heteroatoms. The Kier molecular flexibility index (Phi) is 8.51. The van der Waals surface area contributed by atoms with Crippen molar-refractivity contribution in [3.05, 3.63) is 212 Å². The van der Waals surface area contributed by atoms with Crippen LogP contribution in [0.1, 0.15) is 0 Å². The van der Waals surface area contributed by atoms with E-state index in [0.717, 1.165) is 56.0 Å². The van der Waals surface area contributed by atoms with Gasteiger partial charge in [0.1, 0.15) is 0 Å². The van der Waals surface area contributed by atoms with Crippen LogP contribution in [0.3, 0.4) is 0 Å². The monoisotopic (exact) mass is 713 g/mol. The quantitative estimate of drug-likeness (QED) is 0.154. The highest BCUT2D eigenvalue weighted by molar-refractivity contribution is 6.14. The Morgan fingerprint density at radius 2 is 0.732 bits per heavy atom. The summed E-state index contributed by atoms with van der Waals surface area (Å²) in [6, 6.07) is 74.6. The molecule has 0 atom stereocenters. The standard InChI is InChI=1S/C53H35N3/c1-5-14-37(15-6-1)47-34-49(38-16-7-2-8-17-38)54-48-31-29-45-33-44(28-30-46(45)52(47)48)43-23-13-22-42(32-43)36-24-26-40(27-25-36)51-35-50(39-18-9-3-10-19-39)55-53(56-51)41-20-11-4-12-21-41/h1-35H. The van der Waals surface area contributed by atoms with Gasteiger partial charge in [-0.15, -0.1) is 0 Å². The Balaban J connectivity index is 1.00. The zero-order valence-corrected chi connectivity index (χ0v) is 30.5. The van der Waals surface area contributed by atoms with E-state index in [2.05, 4.69) is 170 Å². The first kappa shape index (κ1) is 33.1. The maximum Gasteiger partial charge on any atom is 0.160 e. The van der Waals surface area contributed by atoms with Crippen LogP contribution in [0, 0.1) is 0 Å². The van der Waals surface area contributed by atoms with Crippen molar-refractivity contribution < 1.29 is 0 Å². The van der Waals surface area contributed by atoms with E-state index >= 15 is 0 Å². The number of nitrogens with zero attached hydrogens (tertiary/aromatic N) is 3. The fourth-order valence-electron chi connectivity index (χ4n) is 7.63. The first-order valence-corrected chi connectivity index (χ1v) is 18.9. The summed E-state index contributed by atoms with van der Waals surface area (Å²) in [7, 11) is 0. The molecular weight excluding hydrogens is 679 g/mol. The van der Waals surface area contributed by atoms with Crippen molar-refractivity contribution in [2.24, 2.45) is 0 Å². The molecule has 56 heavy (non-hydrogen) atoms. The van der Waals surface area contributed by atoms with E-state index in [9.17, 15) is 0 Å². The van der Waals surface area contributed by atoms with Crippen molar-refractivity contribution in [1.82, 2.24) is 15.0 Å². The Morgan fingerprint density at radius 3 is 1.36 bits per heavy atom. The maximum atomic E-state index is 5.16. The van der Waals surface area contributed by atoms with E-state index in [-0.39, 0.29) is 0 Å². The van der Waals surface area contributed by atoms with Crippen molar-refractivity contribution in [3.63, 3.8) is 0 Å². The van der Waals surface area contributed by atoms with E-state index < -0.39 is 0 Å². The van der Waals surface area contributed by atoms with Crippen molar-refractivity contribution in [2.45, 2.75) is 0 Å². The zero-order chi connectivity index (χ0) is 37.3. The second kappa shape index (κ2) is 14.4. The molecule has 3 nitrogen and oxygen atoms in total. The largest absolute Gasteiger partial charge is 0.248 e. The summed E-state index contributed by atoms with van der Waals surface area (Å²) < 4.78 is 0. The molecule has 2 aromatic heterocycles. The molecule has 10 rings (SSSR count). The van der Waals surface area contributed by atoms with Crippen LogP contribution in [-0.2, 0) is 0 Å². The van der Waals surface area contributed by atoms with Crippen LogP contribution in [0.5, 0.6) is 0 Å². The maximum absolute atomic E-state index is 5.16. The lowest BCUT2D eigenvalue weighted by Crippen LogP contribution is -1.95. The summed E-state index contributed by atoms with van der Waals surface area (Å²) in [5.74, 6) is 0.714. The molecule has 0 unspecified atom stereocenters. The highest BCUT2D eigenvalue weighted by atomic mass is 14.9. The summed E-state index contributed by atoms with van der Waals surface area (Å²) in [6.07, 6.45) is 0. The van der Waals surface area contributed by atoms with Crippen molar-refractivity contribution in [2.75, 3.05) is 0 Å². The fourth-order valence-corrected chi connectivity index (χ4v) is 7.63. The Hall–Kier alpha value is -7.49. The van der Waals surface area contributed by atoms with E-state index in [1.807, 2.05) is 42.5 Å². The molecular formula is C53H35N3. The first-order chi connectivity index (χ1) is 27.7. The molecule has 0 radical (unpaired) electrons. The van der Waals surface area contributed by atoms with Crippen LogP contribution in [0.25, 0.3) is 100 Å². The molecule has 262 valence electrons. The molecule has 0 amide bonds. The summed E-state index contributed by atoms with van der Waals surface area (Å²) in [4.78, 5) is 15.1. The molecule has 0 bridgehead atoms. The van der Waals surface area contributed by atoms with Gasteiger partial charge in [0, 0.05) is 27.6 Å². The Labute approximate surface area is 326 Å². The predicted octanol–water partition coefficient (Wildman–Crippen LogP) is 13.8. The van der Waals surface area contributed by atoms with E-state index in [0.29, 0.717) is 5.82 Å². The van der Waals surface area contributed by atoms with Crippen LogP contribution in [0.2, 0.25) is 0 Å². The van der Waals surface area contributed by atoms with Gasteiger partial charge in [0.05, 0.1) is 22.6 Å². The Bertz CT molecular complexity index is 2920. The minimum atomic E-state index is 0.714. The summed E-state index contributed by atoms with van der Waals surface area (Å²) in [5.41, 5.74) is 15.0. The van der Waals surface area contributed by atoms with Crippen LogP contribution in [-0.4, -0.2) is 15.0 Å². The molecule has 0 N–H and O–H groups in total. The molecule has 0 aliphatic heterocycles. The lowest BCUT2D eigenvalue weighted by molar-refractivity contribution is 1.18. The number of benzene rings is 8. The zero-order valence-electron chi connectivity index (χ0n) is 30.5. The van der Waals surface area contributed by atoms with Crippen molar-refractivity contribution in [3.8, 4) is 78.5 Å². The highest BCUT2D eigenvalue weighted by Crippen LogP contribution is 2.38. The number of pyridine rings is 1. The summed E-state index contributed by atoms with van der Waals surface area (Å²) >= 11 is 0. The lowest BCUT2D eigenvalue weighted by Gasteiger charge is -2.14. The molecule has 0 aliphatic rings. The number of hydrogen-bond acceptors (Lipinski definition) is 3. The predicted molar refractivity (Wildman–Crippen MR) is 233 cm³/mol. The average molecular weight is 714 g/mol. The molecule has 0 spiro atoms. The van der Waals surface area contributed by atoms with Crippen molar-refractivity contribution >= 4 is 21.7 Å². The normalized spacial score (nSPS) is 11.2. The molecule has 0 saturated heterocycles. The van der Waals surface area contributed by atoms with Gasteiger partial charge >= 0.3 is 0 Å². The third-order valence-electron chi connectivity index (χ3n) is 10.5. The molecule has 8 aromatic carbocycles.